The highest BCUT2D eigenvalue weighted by Crippen LogP contribution is 2.19. The second-order valence-electron chi connectivity index (χ2n) is 4.18. The normalized spacial score (nSPS) is 10.0. The number of halogens is 1. The Morgan fingerprint density at radius 1 is 1.00 bits per heavy atom. The number of hydrogen-bond donors (Lipinski definition) is 0. The Morgan fingerprint density at radius 2 is 1.67 bits per heavy atom. The van der Waals surface area contributed by atoms with Crippen LogP contribution in [-0.2, 0) is 0 Å². The fourth-order valence-electron chi connectivity index (χ4n) is 1.69. The monoisotopic (exact) mass is 290 g/mol. The molecule has 0 saturated heterocycles. The van der Waals surface area contributed by atoms with Crippen LogP contribution in [0, 0.1) is 5.82 Å². The van der Waals surface area contributed by atoms with Crippen LogP contribution in [-0.4, -0.2) is 26.6 Å². The molecule has 2 aromatic rings. The molecular weight excluding hydrogens is 275 g/mol. The van der Waals surface area contributed by atoms with Gasteiger partial charge in [-0.1, -0.05) is 0 Å². The minimum absolute atomic E-state index is 0.0962. The fourth-order valence-corrected chi connectivity index (χ4v) is 1.69. The Morgan fingerprint density at radius 3 is 2.29 bits per heavy atom. The van der Waals surface area contributed by atoms with Crippen molar-refractivity contribution in [1.82, 2.24) is 0 Å². The smallest absolute Gasteiger partial charge is 0.165 e. The Bertz CT molecular complexity index is 596. The third kappa shape index (κ3) is 4.21. The summed E-state index contributed by atoms with van der Waals surface area (Å²) < 4.78 is 29.3. The second-order valence-corrected chi connectivity index (χ2v) is 4.18. The Labute approximate surface area is 122 Å². The van der Waals surface area contributed by atoms with Crippen molar-refractivity contribution in [3.8, 4) is 17.2 Å². The molecule has 0 aliphatic heterocycles. The van der Waals surface area contributed by atoms with Crippen molar-refractivity contribution in [2.75, 3.05) is 20.3 Å². The lowest BCUT2D eigenvalue weighted by Crippen LogP contribution is -2.09. The van der Waals surface area contributed by atoms with Crippen LogP contribution in [0.1, 0.15) is 10.4 Å². The van der Waals surface area contributed by atoms with Gasteiger partial charge in [-0.3, -0.25) is 4.79 Å². The number of carbonyl (C=O) groups excluding carboxylic acids is 1. The molecule has 110 valence electrons. The van der Waals surface area contributed by atoms with E-state index in [1.807, 2.05) is 0 Å². The summed E-state index contributed by atoms with van der Waals surface area (Å²) >= 11 is 0. The van der Waals surface area contributed by atoms with Crippen LogP contribution < -0.4 is 14.2 Å². The van der Waals surface area contributed by atoms with E-state index in [0.29, 0.717) is 12.0 Å². The van der Waals surface area contributed by atoms with Gasteiger partial charge in [0, 0.05) is 5.56 Å². The van der Waals surface area contributed by atoms with E-state index >= 15 is 0 Å². The third-order valence-corrected chi connectivity index (χ3v) is 2.76. The standard InChI is InChI=1S/C16H15FO4/c1-19-13-3-5-14(6-4-13)20-8-9-21-16-7-2-12(11-18)10-15(16)17/h2-7,10-11H,8-9H2,1H3. The zero-order chi connectivity index (χ0) is 15.1. The average Bonchev–Trinajstić information content (AvgIpc) is 2.53. The summed E-state index contributed by atoms with van der Waals surface area (Å²) in [7, 11) is 1.59. The number of methoxy groups -OCH3 is 1. The van der Waals surface area contributed by atoms with Crippen molar-refractivity contribution < 1.29 is 23.4 Å². The molecule has 0 aliphatic rings. The highest BCUT2D eigenvalue weighted by Gasteiger charge is 2.04. The molecule has 0 fully saturated rings. The maximum atomic E-state index is 13.5. The van der Waals surface area contributed by atoms with E-state index in [-0.39, 0.29) is 24.5 Å². The van der Waals surface area contributed by atoms with E-state index in [4.69, 9.17) is 14.2 Å². The quantitative estimate of drug-likeness (QED) is 0.580. The SMILES string of the molecule is COc1ccc(OCCOc2ccc(C=O)cc2F)cc1. The molecule has 5 heteroatoms. The predicted octanol–water partition coefficient (Wildman–Crippen LogP) is 3.10. The van der Waals surface area contributed by atoms with Gasteiger partial charge in [-0.05, 0) is 42.5 Å². The van der Waals surface area contributed by atoms with Crippen LogP contribution >= 0.6 is 0 Å². The molecule has 0 heterocycles. The number of carbonyl (C=O) groups is 1. The van der Waals surface area contributed by atoms with Crippen LogP contribution in [0.2, 0.25) is 0 Å². The molecule has 0 unspecified atom stereocenters. The van der Waals surface area contributed by atoms with E-state index in [0.717, 1.165) is 11.8 Å². The summed E-state index contributed by atoms with van der Waals surface area (Å²) in [6.45, 7) is 0.477. The molecule has 0 amide bonds. The Kier molecular flexibility index (Phi) is 5.15. The van der Waals surface area contributed by atoms with E-state index in [9.17, 15) is 9.18 Å². The van der Waals surface area contributed by atoms with Gasteiger partial charge in [-0.2, -0.15) is 0 Å². The largest absolute Gasteiger partial charge is 0.497 e. The average molecular weight is 290 g/mol. The number of benzene rings is 2. The van der Waals surface area contributed by atoms with Gasteiger partial charge in [-0.15, -0.1) is 0 Å². The summed E-state index contributed by atoms with van der Waals surface area (Å²) in [5.74, 6) is 0.954. The van der Waals surface area contributed by atoms with Crippen molar-refractivity contribution in [2.24, 2.45) is 0 Å². The highest BCUT2D eigenvalue weighted by atomic mass is 19.1. The van der Waals surface area contributed by atoms with Crippen LogP contribution in [0.3, 0.4) is 0 Å². The molecule has 21 heavy (non-hydrogen) atoms. The fraction of sp³-hybridized carbons (Fsp3) is 0.188. The van der Waals surface area contributed by atoms with Gasteiger partial charge in [0.05, 0.1) is 7.11 Å². The highest BCUT2D eigenvalue weighted by molar-refractivity contribution is 5.74. The Hall–Kier alpha value is -2.56. The first-order valence-electron chi connectivity index (χ1n) is 6.37. The summed E-state index contributed by atoms with van der Waals surface area (Å²) in [5, 5.41) is 0. The van der Waals surface area contributed by atoms with Gasteiger partial charge in [-0.25, -0.2) is 4.39 Å². The van der Waals surface area contributed by atoms with Crippen molar-refractivity contribution in [3.05, 3.63) is 53.8 Å². The topological polar surface area (TPSA) is 44.8 Å². The van der Waals surface area contributed by atoms with Gasteiger partial charge in [0.1, 0.15) is 31.0 Å². The number of rotatable bonds is 7. The Balaban J connectivity index is 1.80. The van der Waals surface area contributed by atoms with Crippen molar-refractivity contribution in [2.45, 2.75) is 0 Å². The zero-order valence-corrected chi connectivity index (χ0v) is 11.5. The lowest BCUT2D eigenvalue weighted by molar-refractivity contribution is 0.112. The first-order valence-corrected chi connectivity index (χ1v) is 6.37. The van der Waals surface area contributed by atoms with Crippen molar-refractivity contribution >= 4 is 6.29 Å². The number of ether oxygens (including phenoxy) is 3. The van der Waals surface area contributed by atoms with Crippen molar-refractivity contribution in [1.29, 1.82) is 0 Å². The van der Waals surface area contributed by atoms with E-state index in [1.54, 1.807) is 31.4 Å². The molecule has 0 bridgehead atoms. The van der Waals surface area contributed by atoms with Crippen LogP contribution in [0.5, 0.6) is 17.2 Å². The van der Waals surface area contributed by atoms with Gasteiger partial charge >= 0.3 is 0 Å². The third-order valence-electron chi connectivity index (χ3n) is 2.76. The first-order chi connectivity index (χ1) is 10.2. The van der Waals surface area contributed by atoms with E-state index < -0.39 is 5.82 Å². The summed E-state index contributed by atoms with van der Waals surface area (Å²) in [5.41, 5.74) is 0.273. The molecule has 0 spiro atoms. The molecule has 0 aliphatic carbocycles. The van der Waals surface area contributed by atoms with Gasteiger partial charge < -0.3 is 14.2 Å². The molecular formula is C16H15FO4. The first kappa shape index (κ1) is 14.8. The lowest BCUT2D eigenvalue weighted by atomic mass is 10.2. The minimum atomic E-state index is -0.566. The lowest BCUT2D eigenvalue weighted by Gasteiger charge is -2.09. The predicted molar refractivity (Wildman–Crippen MR) is 75.8 cm³/mol. The van der Waals surface area contributed by atoms with E-state index in [1.165, 1.54) is 12.1 Å². The molecule has 0 atom stereocenters. The van der Waals surface area contributed by atoms with E-state index in [2.05, 4.69) is 0 Å². The van der Waals surface area contributed by atoms with Gasteiger partial charge in [0.2, 0.25) is 0 Å². The molecule has 0 N–H and O–H groups in total. The summed E-state index contributed by atoms with van der Waals surface area (Å²) in [6.07, 6.45) is 0.583. The number of hydrogen-bond acceptors (Lipinski definition) is 4. The second kappa shape index (κ2) is 7.28. The van der Waals surface area contributed by atoms with Gasteiger partial charge in [0.15, 0.2) is 11.6 Å². The van der Waals surface area contributed by atoms with Crippen LogP contribution in [0.25, 0.3) is 0 Å². The zero-order valence-electron chi connectivity index (χ0n) is 11.5. The van der Waals surface area contributed by atoms with Gasteiger partial charge in [0.25, 0.3) is 0 Å². The van der Waals surface area contributed by atoms with Crippen LogP contribution in [0.4, 0.5) is 4.39 Å². The molecule has 0 radical (unpaired) electrons. The minimum Gasteiger partial charge on any atom is -0.497 e. The van der Waals surface area contributed by atoms with Crippen LogP contribution in [0.15, 0.2) is 42.5 Å². The number of aldehydes is 1. The molecule has 4 nitrogen and oxygen atoms in total. The molecule has 0 saturated carbocycles. The molecule has 0 aromatic heterocycles. The summed E-state index contributed by atoms with van der Waals surface area (Å²) in [4.78, 5) is 10.5. The molecule has 2 rings (SSSR count). The maximum absolute atomic E-state index is 13.5. The van der Waals surface area contributed by atoms with Crippen molar-refractivity contribution in [3.63, 3.8) is 0 Å². The summed E-state index contributed by atoms with van der Waals surface area (Å²) in [6, 6.07) is 11.2. The molecule has 2 aromatic carbocycles. The maximum Gasteiger partial charge on any atom is 0.165 e.